The van der Waals surface area contributed by atoms with E-state index < -0.39 is 0 Å². The summed E-state index contributed by atoms with van der Waals surface area (Å²) in [5.41, 5.74) is 0. The van der Waals surface area contributed by atoms with Crippen LogP contribution >= 0.6 is 0 Å². The first kappa shape index (κ1) is 9.71. The Bertz CT molecular complexity index is 159. The Labute approximate surface area is 74.6 Å². The van der Waals surface area contributed by atoms with Gasteiger partial charge in [-0.2, -0.15) is 0 Å². The van der Waals surface area contributed by atoms with Crippen molar-refractivity contribution in [1.29, 1.82) is 0 Å². The van der Waals surface area contributed by atoms with E-state index in [1.165, 1.54) is 0 Å². The zero-order valence-electron chi connectivity index (χ0n) is 8.16. The van der Waals surface area contributed by atoms with Crippen molar-refractivity contribution in [2.75, 3.05) is 27.2 Å². The van der Waals surface area contributed by atoms with Crippen LogP contribution in [0.5, 0.6) is 0 Å². The molecule has 0 amide bonds. The van der Waals surface area contributed by atoms with Gasteiger partial charge >= 0.3 is 0 Å². The lowest BCUT2D eigenvalue weighted by atomic mass is 10.2. The third-order valence-corrected chi connectivity index (χ3v) is 2.09. The van der Waals surface area contributed by atoms with Gasteiger partial charge in [-0.15, -0.1) is 6.58 Å². The Morgan fingerprint density at radius 3 is 2.67 bits per heavy atom. The van der Waals surface area contributed by atoms with Gasteiger partial charge in [-0.05, 0) is 6.92 Å². The summed E-state index contributed by atoms with van der Waals surface area (Å²) >= 11 is 0. The summed E-state index contributed by atoms with van der Waals surface area (Å²) in [6.07, 6.45) is 2.34. The van der Waals surface area contributed by atoms with E-state index in [4.69, 9.17) is 4.74 Å². The molecule has 1 fully saturated rings. The monoisotopic (exact) mass is 170 g/mol. The molecule has 0 spiro atoms. The highest BCUT2D eigenvalue weighted by Gasteiger charge is 2.23. The molecular weight excluding hydrogens is 152 g/mol. The maximum absolute atomic E-state index is 5.63. The molecule has 0 aromatic heterocycles. The van der Waals surface area contributed by atoms with Crippen LogP contribution in [0, 0.1) is 0 Å². The van der Waals surface area contributed by atoms with Crippen molar-refractivity contribution in [3.8, 4) is 0 Å². The summed E-state index contributed by atoms with van der Waals surface area (Å²) in [6, 6.07) is 0. The fourth-order valence-corrected chi connectivity index (χ4v) is 1.42. The van der Waals surface area contributed by atoms with E-state index >= 15 is 0 Å². The van der Waals surface area contributed by atoms with Crippen LogP contribution in [0.3, 0.4) is 0 Å². The highest BCUT2D eigenvalue weighted by molar-refractivity contribution is 4.86. The molecule has 70 valence electrons. The van der Waals surface area contributed by atoms with Crippen molar-refractivity contribution in [2.45, 2.75) is 19.1 Å². The zero-order valence-corrected chi connectivity index (χ0v) is 8.16. The second-order valence-electron chi connectivity index (χ2n) is 3.44. The van der Waals surface area contributed by atoms with Gasteiger partial charge in [0.25, 0.3) is 0 Å². The first-order valence-corrected chi connectivity index (χ1v) is 4.33. The van der Waals surface area contributed by atoms with Crippen LogP contribution in [-0.2, 0) is 4.74 Å². The van der Waals surface area contributed by atoms with E-state index in [9.17, 15) is 0 Å². The molecule has 0 aliphatic carbocycles. The number of ether oxygens (including phenoxy) is 1. The first-order chi connectivity index (χ1) is 5.63. The fourth-order valence-electron chi connectivity index (χ4n) is 1.42. The van der Waals surface area contributed by atoms with Gasteiger partial charge in [-0.25, -0.2) is 10.0 Å². The molecule has 2 unspecified atom stereocenters. The molecule has 0 aromatic rings. The van der Waals surface area contributed by atoms with Crippen molar-refractivity contribution in [2.24, 2.45) is 0 Å². The van der Waals surface area contributed by atoms with Crippen molar-refractivity contribution in [1.82, 2.24) is 10.0 Å². The van der Waals surface area contributed by atoms with Gasteiger partial charge in [0.05, 0.1) is 12.2 Å². The van der Waals surface area contributed by atoms with E-state index in [1.54, 1.807) is 0 Å². The van der Waals surface area contributed by atoms with Gasteiger partial charge in [0.1, 0.15) is 0 Å². The molecule has 0 N–H and O–H groups in total. The largest absolute Gasteiger partial charge is 0.368 e. The molecule has 1 aliphatic rings. The van der Waals surface area contributed by atoms with Crippen molar-refractivity contribution in [3.63, 3.8) is 0 Å². The molecule has 0 bridgehead atoms. The van der Waals surface area contributed by atoms with Gasteiger partial charge in [-0.1, -0.05) is 6.08 Å². The third-order valence-electron chi connectivity index (χ3n) is 2.09. The summed E-state index contributed by atoms with van der Waals surface area (Å²) in [4.78, 5) is 0. The molecule has 1 heterocycles. The summed E-state index contributed by atoms with van der Waals surface area (Å²) in [5, 5.41) is 4.37. The maximum Gasteiger partial charge on any atom is 0.0898 e. The molecule has 1 saturated heterocycles. The van der Waals surface area contributed by atoms with E-state index in [1.807, 2.05) is 6.08 Å². The van der Waals surface area contributed by atoms with Crippen LogP contribution in [0.1, 0.15) is 6.92 Å². The molecule has 1 rings (SSSR count). The summed E-state index contributed by atoms with van der Waals surface area (Å²) in [6.45, 7) is 7.72. The SMILES string of the molecule is C=CC1CN(N(C)C)CC(C)O1. The molecule has 0 saturated carbocycles. The number of nitrogens with zero attached hydrogens (tertiary/aromatic N) is 2. The number of hydrazine groups is 1. The zero-order chi connectivity index (χ0) is 9.14. The number of hydrogen-bond acceptors (Lipinski definition) is 3. The minimum atomic E-state index is 0.177. The maximum atomic E-state index is 5.63. The van der Waals surface area contributed by atoms with Gasteiger partial charge in [0, 0.05) is 27.2 Å². The number of hydrogen-bond donors (Lipinski definition) is 0. The van der Waals surface area contributed by atoms with Crippen LogP contribution in [0.4, 0.5) is 0 Å². The topological polar surface area (TPSA) is 15.7 Å². The quantitative estimate of drug-likeness (QED) is 0.568. The van der Waals surface area contributed by atoms with Crippen LogP contribution in [0.25, 0.3) is 0 Å². The Balaban J connectivity index is 2.50. The lowest BCUT2D eigenvalue weighted by molar-refractivity contribution is -0.120. The van der Waals surface area contributed by atoms with Crippen LogP contribution in [0.2, 0.25) is 0 Å². The Morgan fingerprint density at radius 1 is 1.50 bits per heavy atom. The highest BCUT2D eigenvalue weighted by atomic mass is 16.5. The lowest BCUT2D eigenvalue weighted by Crippen LogP contribution is -2.51. The molecule has 0 aromatic carbocycles. The van der Waals surface area contributed by atoms with Gasteiger partial charge in [-0.3, -0.25) is 0 Å². The predicted octanol–water partition coefficient (Wildman–Crippen LogP) is 0.738. The molecule has 2 atom stereocenters. The van der Waals surface area contributed by atoms with Crippen molar-refractivity contribution in [3.05, 3.63) is 12.7 Å². The summed E-state index contributed by atoms with van der Waals surface area (Å²) in [7, 11) is 4.11. The predicted molar refractivity (Wildman–Crippen MR) is 49.8 cm³/mol. The average Bonchev–Trinajstić information content (AvgIpc) is 2.03. The van der Waals surface area contributed by atoms with E-state index in [-0.39, 0.29) is 6.10 Å². The average molecular weight is 170 g/mol. The first-order valence-electron chi connectivity index (χ1n) is 4.33. The molecule has 1 aliphatic heterocycles. The normalized spacial score (nSPS) is 32.3. The molecule has 12 heavy (non-hydrogen) atoms. The number of rotatable bonds is 2. The van der Waals surface area contributed by atoms with Crippen molar-refractivity contribution < 1.29 is 4.74 Å². The third kappa shape index (κ3) is 2.30. The summed E-state index contributed by atoms with van der Waals surface area (Å²) < 4.78 is 5.63. The van der Waals surface area contributed by atoms with Gasteiger partial charge in [0.15, 0.2) is 0 Å². The van der Waals surface area contributed by atoms with E-state index in [0.29, 0.717) is 6.10 Å². The standard InChI is InChI=1S/C9H18N2O/c1-5-9-7-11(10(3)4)6-8(2)12-9/h5,8-9H,1,6-7H2,2-4H3. The molecule has 3 heteroatoms. The fraction of sp³-hybridized carbons (Fsp3) is 0.778. The van der Waals surface area contributed by atoms with Crippen molar-refractivity contribution >= 4 is 0 Å². The second-order valence-corrected chi connectivity index (χ2v) is 3.44. The van der Waals surface area contributed by atoms with E-state index in [2.05, 4.69) is 37.6 Å². The minimum absolute atomic E-state index is 0.177. The second kappa shape index (κ2) is 4.03. The Kier molecular flexibility index (Phi) is 3.26. The highest BCUT2D eigenvalue weighted by Crippen LogP contribution is 2.11. The minimum Gasteiger partial charge on any atom is -0.368 e. The van der Waals surface area contributed by atoms with Crippen LogP contribution in [-0.4, -0.2) is 49.4 Å². The Hall–Kier alpha value is -0.380. The molecular formula is C9H18N2O. The van der Waals surface area contributed by atoms with Crippen LogP contribution in [0.15, 0.2) is 12.7 Å². The lowest BCUT2D eigenvalue weighted by Gasteiger charge is -2.38. The molecule has 3 nitrogen and oxygen atoms in total. The van der Waals surface area contributed by atoms with Gasteiger partial charge < -0.3 is 4.74 Å². The summed E-state index contributed by atoms with van der Waals surface area (Å²) in [5.74, 6) is 0. The molecule has 0 radical (unpaired) electrons. The van der Waals surface area contributed by atoms with Crippen LogP contribution < -0.4 is 0 Å². The Morgan fingerprint density at radius 2 is 2.17 bits per heavy atom. The number of morpholine rings is 1. The van der Waals surface area contributed by atoms with Gasteiger partial charge in [0.2, 0.25) is 0 Å². The van der Waals surface area contributed by atoms with E-state index in [0.717, 1.165) is 13.1 Å². The smallest absolute Gasteiger partial charge is 0.0898 e.